The molecule has 96 valence electrons. The van der Waals surface area contributed by atoms with Gasteiger partial charge in [0.05, 0.1) is 12.1 Å². The van der Waals surface area contributed by atoms with E-state index in [9.17, 15) is 0 Å². The predicted molar refractivity (Wildman–Crippen MR) is 66.6 cm³/mol. The second-order valence-electron chi connectivity index (χ2n) is 5.87. The van der Waals surface area contributed by atoms with Gasteiger partial charge in [0, 0.05) is 0 Å². The molecule has 0 radical (unpaired) electrons. The first-order valence-electron chi connectivity index (χ1n) is 6.57. The Bertz CT molecular complexity index is 344. The van der Waals surface area contributed by atoms with Gasteiger partial charge in [-0.05, 0) is 57.1 Å². The van der Waals surface area contributed by atoms with E-state index in [1.165, 1.54) is 38.8 Å². The maximum Gasteiger partial charge on any atom is 0.165 e. The fourth-order valence-corrected chi connectivity index (χ4v) is 2.32. The highest BCUT2D eigenvalue weighted by Gasteiger charge is 2.21. The van der Waals surface area contributed by atoms with Crippen LogP contribution in [0.25, 0.3) is 0 Å². The Kier molecular flexibility index (Phi) is 3.76. The molecule has 1 aliphatic rings. The van der Waals surface area contributed by atoms with E-state index in [0.29, 0.717) is 0 Å². The summed E-state index contributed by atoms with van der Waals surface area (Å²) in [6, 6.07) is 0. The SMILES string of the molecule is CC(C)(C)n1nnnc1CN1CCCCCC1. The zero-order valence-corrected chi connectivity index (χ0v) is 11.2. The summed E-state index contributed by atoms with van der Waals surface area (Å²) in [7, 11) is 0. The van der Waals surface area contributed by atoms with Crippen LogP contribution in [-0.4, -0.2) is 38.2 Å². The van der Waals surface area contributed by atoms with Gasteiger partial charge in [-0.25, -0.2) is 4.68 Å². The van der Waals surface area contributed by atoms with Crippen molar-refractivity contribution in [2.24, 2.45) is 0 Å². The van der Waals surface area contributed by atoms with Crippen molar-refractivity contribution in [1.29, 1.82) is 0 Å². The van der Waals surface area contributed by atoms with E-state index in [4.69, 9.17) is 0 Å². The quantitative estimate of drug-likeness (QED) is 0.787. The average Bonchev–Trinajstić information content (AvgIpc) is 2.55. The second kappa shape index (κ2) is 5.12. The summed E-state index contributed by atoms with van der Waals surface area (Å²) in [6.45, 7) is 9.64. The third-order valence-electron chi connectivity index (χ3n) is 3.23. The van der Waals surface area contributed by atoms with Gasteiger partial charge in [0.25, 0.3) is 0 Å². The van der Waals surface area contributed by atoms with Crippen molar-refractivity contribution >= 4 is 0 Å². The molecule has 5 nitrogen and oxygen atoms in total. The first-order chi connectivity index (χ1) is 8.07. The summed E-state index contributed by atoms with van der Waals surface area (Å²) >= 11 is 0. The van der Waals surface area contributed by atoms with E-state index in [-0.39, 0.29) is 5.54 Å². The minimum absolute atomic E-state index is 0.0370. The molecule has 0 spiro atoms. The number of rotatable bonds is 2. The molecule has 0 bridgehead atoms. The summed E-state index contributed by atoms with van der Waals surface area (Å²) in [6.07, 6.45) is 5.33. The largest absolute Gasteiger partial charge is 0.296 e. The van der Waals surface area contributed by atoms with Gasteiger partial charge in [-0.2, -0.15) is 0 Å². The molecular weight excluding hydrogens is 214 g/mol. The monoisotopic (exact) mass is 237 g/mol. The third-order valence-corrected chi connectivity index (χ3v) is 3.23. The normalized spacial score (nSPS) is 19.2. The van der Waals surface area contributed by atoms with Gasteiger partial charge in [0.2, 0.25) is 0 Å². The molecule has 2 heterocycles. The van der Waals surface area contributed by atoms with E-state index in [1.54, 1.807) is 0 Å². The predicted octanol–water partition coefficient (Wildman–Crippen LogP) is 1.80. The highest BCUT2D eigenvalue weighted by Crippen LogP contribution is 2.16. The van der Waals surface area contributed by atoms with E-state index in [0.717, 1.165) is 12.4 Å². The lowest BCUT2D eigenvalue weighted by molar-refractivity contribution is 0.247. The Morgan fingerprint density at radius 2 is 1.71 bits per heavy atom. The molecule has 1 saturated heterocycles. The lowest BCUT2D eigenvalue weighted by atomic mass is 10.1. The molecule has 5 heteroatoms. The lowest BCUT2D eigenvalue weighted by Gasteiger charge is -2.23. The van der Waals surface area contributed by atoms with Crippen LogP contribution < -0.4 is 0 Å². The van der Waals surface area contributed by atoms with E-state index in [2.05, 4.69) is 41.2 Å². The van der Waals surface area contributed by atoms with E-state index >= 15 is 0 Å². The fraction of sp³-hybridized carbons (Fsp3) is 0.917. The maximum absolute atomic E-state index is 4.17. The van der Waals surface area contributed by atoms with Crippen molar-refractivity contribution in [3.63, 3.8) is 0 Å². The Balaban J connectivity index is 2.05. The topological polar surface area (TPSA) is 46.8 Å². The molecule has 0 unspecified atom stereocenters. The molecule has 0 atom stereocenters. The van der Waals surface area contributed by atoms with Crippen LogP contribution in [0.5, 0.6) is 0 Å². The van der Waals surface area contributed by atoms with Crippen LogP contribution in [0.15, 0.2) is 0 Å². The van der Waals surface area contributed by atoms with Crippen LogP contribution in [-0.2, 0) is 12.1 Å². The minimum Gasteiger partial charge on any atom is -0.296 e. The summed E-state index contributed by atoms with van der Waals surface area (Å²) in [5.74, 6) is 0.986. The van der Waals surface area contributed by atoms with Crippen LogP contribution in [0, 0.1) is 0 Å². The molecule has 1 aromatic heterocycles. The number of hydrogen-bond donors (Lipinski definition) is 0. The van der Waals surface area contributed by atoms with E-state index in [1.807, 2.05) is 4.68 Å². The van der Waals surface area contributed by atoms with Gasteiger partial charge in [-0.15, -0.1) is 5.10 Å². The number of likely N-dealkylation sites (tertiary alicyclic amines) is 1. The molecule has 1 aromatic rings. The minimum atomic E-state index is -0.0370. The van der Waals surface area contributed by atoms with Gasteiger partial charge >= 0.3 is 0 Å². The Labute approximate surface area is 103 Å². The summed E-state index contributed by atoms with van der Waals surface area (Å²) < 4.78 is 1.94. The molecule has 1 aliphatic heterocycles. The van der Waals surface area contributed by atoms with Gasteiger partial charge in [-0.1, -0.05) is 12.8 Å². The van der Waals surface area contributed by atoms with Crippen LogP contribution in [0.3, 0.4) is 0 Å². The summed E-state index contributed by atoms with van der Waals surface area (Å²) in [4.78, 5) is 2.47. The highest BCUT2D eigenvalue weighted by molar-refractivity contribution is 4.87. The molecule has 1 fully saturated rings. The molecule has 0 aliphatic carbocycles. The molecule has 0 N–H and O–H groups in total. The zero-order chi connectivity index (χ0) is 12.3. The first kappa shape index (κ1) is 12.5. The average molecular weight is 237 g/mol. The number of nitrogens with zero attached hydrogens (tertiary/aromatic N) is 5. The Morgan fingerprint density at radius 3 is 2.29 bits per heavy atom. The Hall–Kier alpha value is -0.970. The maximum atomic E-state index is 4.17. The van der Waals surface area contributed by atoms with Crippen LogP contribution >= 0.6 is 0 Å². The molecule has 0 amide bonds. The van der Waals surface area contributed by atoms with Crippen molar-refractivity contribution in [2.75, 3.05) is 13.1 Å². The highest BCUT2D eigenvalue weighted by atomic mass is 15.6. The fourth-order valence-electron chi connectivity index (χ4n) is 2.32. The summed E-state index contributed by atoms with van der Waals surface area (Å²) in [5.41, 5.74) is -0.0370. The lowest BCUT2D eigenvalue weighted by Crippen LogP contribution is -2.31. The molecule has 2 rings (SSSR count). The second-order valence-corrected chi connectivity index (χ2v) is 5.87. The first-order valence-corrected chi connectivity index (χ1v) is 6.57. The van der Waals surface area contributed by atoms with Crippen molar-refractivity contribution in [1.82, 2.24) is 25.1 Å². The standard InChI is InChI=1S/C12H23N5/c1-12(2,3)17-11(13-14-15-17)10-16-8-6-4-5-7-9-16/h4-10H2,1-3H3. The van der Waals surface area contributed by atoms with Gasteiger partial charge in [-0.3, -0.25) is 4.90 Å². The van der Waals surface area contributed by atoms with E-state index < -0.39 is 0 Å². The van der Waals surface area contributed by atoms with Crippen LogP contribution in [0.1, 0.15) is 52.3 Å². The van der Waals surface area contributed by atoms with Gasteiger partial charge < -0.3 is 0 Å². The zero-order valence-electron chi connectivity index (χ0n) is 11.2. The van der Waals surface area contributed by atoms with Crippen molar-refractivity contribution in [3.05, 3.63) is 5.82 Å². The molecular formula is C12H23N5. The number of tetrazole rings is 1. The molecule has 0 aromatic carbocycles. The smallest absolute Gasteiger partial charge is 0.165 e. The van der Waals surface area contributed by atoms with Crippen molar-refractivity contribution < 1.29 is 0 Å². The van der Waals surface area contributed by atoms with Gasteiger partial charge in [0.15, 0.2) is 5.82 Å². The third kappa shape index (κ3) is 3.25. The van der Waals surface area contributed by atoms with Crippen molar-refractivity contribution in [2.45, 2.75) is 58.5 Å². The number of aromatic nitrogens is 4. The van der Waals surface area contributed by atoms with Crippen LogP contribution in [0.4, 0.5) is 0 Å². The number of hydrogen-bond acceptors (Lipinski definition) is 4. The molecule has 0 saturated carbocycles. The molecule has 17 heavy (non-hydrogen) atoms. The Morgan fingerprint density at radius 1 is 1.06 bits per heavy atom. The summed E-state index contributed by atoms with van der Waals surface area (Å²) in [5, 5.41) is 12.1. The van der Waals surface area contributed by atoms with Crippen molar-refractivity contribution in [3.8, 4) is 0 Å². The van der Waals surface area contributed by atoms with Gasteiger partial charge in [0.1, 0.15) is 0 Å². The van der Waals surface area contributed by atoms with Crippen LogP contribution in [0.2, 0.25) is 0 Å².